The largest absolute Gasteiger partial charge is 0.493 e. The zero-order chi connectivity index (χ0) is 26.2. The minimum Gasteiger partial charge on any atom is -0.493 e. The quantitative estimate of drug-likeness (QED) is 0.116. The Kier molecular flexibility index (Phi) is 9.01. The van der Waals surface area contributed by atoms with Crippen LogP contribution in [0.2, 0.25) is 0 Å². The predicted molar refractivity (Wildman–Crippen MR) is 152 cm³/mol. The molecule has 0 fully saturated rings. The fraction of sp³-hybridized carbons (Fsp3) is 0.154. The summed E-state index contributed by atoms with van der Waals surface area (Å²) in [6.45, 7) is 0. The van der Waals surface area contributed by atoms with Gasteiger partial charge in [-0.2, -0.15) is 5.10 Å². The Balaban J connectivity index is 1.59. The molecule has 0 bridgehead atoms. The molecule has 9 nitrogen and oxygen atoms in total. The average molecular weight is 629 g/mol. The molecule has 11 heteroatoms. The number of aromatic nitrogens is 3. The first-order chi connectivity index (χ1) is 18.0. The maximum Gasteiger partial charge on any atom is 0.250 e. The molecule has 1 amide bonds. The van der Waals surface area contributed by atoms with Gasteiger partial charge in [0.1, 0.15) is 0 Å². The summed E-state index contributed by atoms with van der Waals surface area (Å²) in [5, 5.41) is 13.4. The molecule has 4 aromatic rings. The number of hydrogen-bond donors (Lipinski definition) is 1. The summed E-state index contributed by atoms with van der Waals surface area (Å²) in [4.78, 5) is 12.5. The lowest BCUT2D eigenvalue weighted by atomic mass is 10.1. The van der Waals surface area contributed by atoms with E-state index in [4.69, 9.17) is 14.2 Å². The lowest BCUT2D eigenvalue weighted by molar-refractivity contribution is -0.118. The summed E-state index contributed by atoms with van der Waals surface area (Å²) in [6.07, 6.45) is 1.61. The van der Waals surface area contributed by atoms with E-state index in [0.717, 1.165) is 14.8 Å². The number of hydrazone groups is 1. The number of hydrogen-bond acceptors (Lipinski definition) is 8. The van der Waals surface area contributed by atoms with Gasteiger partial charge in [0.25, 0.3) is 5.91 Å². The second-order valence-corrected chi connectivity index (χ2v) is 9.72. The third kappa shape index (κ3) is 6.41. The van der Waals surface area contributed by atoms with E-state index >= 15 is 0 Å². The van der Waals surface area contributed by atoms with Crippen molar-refractivity contribution in [2.24, 2.45) is 5.10 Å². The van der Waals surface area contributed by atoms with Gasteiger partial charge in [0, 0.05) is 14.8 Å². The van der Waals surface area contributed by atoms with Gasteiger partial charge < -0.3 is 14.2 Å². The van der Waals surface area contributed by atoms with Gasteiger partial charge in [0.15, 0.2) is 22.5 Å². The topological polar surface area (TPSA) is 99.9 Å². The summed E-state index contributed by atoms with van der Waals surface area (Å²) in [6, 6.07) is 21.1. The molecule has 1 N–H and O–H groups in total. The monoisotopic (exact) mass is 629 g/mol. The van der Waals surface area contributed by atoms with Crippen molar-refractivity contribution in [3.05, 3.63) is 75.9 Å². The molecular weight excluding hydrogens is 605 g/mol. The van der Waals surface area contributed by atoms with Crippen LogP contribution in [0, 0.1) is 3.57 Å². The van der Waals surface area contributed by atoms with E-state index in [1.807, 2.05) is 71.3 Å². The van der Waals surface area contributed by atoms with E-state index < -0.39 is 0 Å². The second kappa shape index (κ2) is 12.6. The van der Waals surface area contributed by atoms with Crippen LogP contribution in [-0.4, -0.2) is 54.0 Å². The van der Waals surface area contributed by atoms with E-state index in [0.29, 0.717) is 33.8 Å². The Morgan fingerprint density at radius 2 is 1.73 bits per heavy atom. The van der Waals surface area contributed by atoms with Gasteiger partial charge in [0.05, 0.1) is 33.3 Å². The Morgan fingerprint density at radius 1 is 1.00 bits per heavy atom. The van der Waals surface area contributed by atoms with Crippen LogP contribution in [0.4, 0.5) is 0 Å². The lowest BCUT2D eigenvalue weighted by Crippen LogP contribution is -2.20. The Bertz CT molecular complexity index is 1390. The molecule has 0 unspecified atom stereocenters. The Hall–Kier alpha value is -3.58. The number of nitrogens with one attached hydrogen (secondary N) is 1. The van der Waals surface area contributed by atoms with E-state index in [9.17, 15) is 4.79 Å². The minimum absolute atomic E-state index is 0.101. The molecule has 0 aliphatic heterocycles. The molecule has 0 spiro atoms. The molecule has 37 heavy (non-hydrogen) atoms. The van der Waals surface area contributed by atoms with Crippen LogP contribution in [0.5, 0.6) is 17.2 Å². The predicted octanol–water partition coefficient (Wildman–Crippen LogP) is 4.81. The fourth-order valence-electron chi connectivity index (χ4n) is 3.50. The van der Waals surface area contributed by atoms with Crippen LogP contribution >= 0.6 is 34.4 Å². The van der Waals surface area contributed by atoms with Crippen LogP contribution < -0.4 is 19.6 Å². The van der Waals surface area contributed by atoms with Crippen LogP contribution in [-0.2, 0) is 4.79 Å². The highest BCUT2D eigenvalue weighted by atomic mass is 127. The third-order valence-corrected chi connectivity index (χ3v) is 6.75. The molecule has 190 valence electrons. The summed E-state index contributed by atoms with van der Waals surface area (Å²) in [5.41, 5.74) is 5.02. The highest BCUT2D eigenvalue weighted by molar-refractivity contribution is 14.1. The number of carbonyl (C=O) groups is 1. The number of amides is 1. The van der Waals surface area contributed by atoms with Gasteiger partial charge in [0.2, 0.25) is 5.75 Å². The van der Waals surface area contributed by atoms with Gasteiger partial charge in [-0.15, -0.1) is 10.2 Å². The van der Waals surface area contributed by atoms with Crippen molar-refractivity contribution in [3.63, 3.8) is 0 Å². The first kappa shape index (κ1) is 26.5. The van der Waals surface area contributed by atoms with Crippen molar-refractivity contribution in [2.45, 2.75) is 5.16 Å². The van der Waals surface area contributed by atoms with Gasteiger partial charge >= 0.3 is 0 Å². The maximum absolute atomic E-state index is 12.5. The molecule has 0 saturated carbocycles. The number of para-hydroxylation sites is 1. The van der Waals surface area contributed by atoms with Gasteiger partial charge in [-0.25, -0.2) is 5.43 Å². The first-order valence-electron chi connectivity index (χ1n) is 11.1. The van der Waals surface area contributed by atoms with Crippen molar-refractivity contribution < 1.29 is 19.0 Å². The van der Waals surface area contributed by atoms with Gasteiger partial charge in [-0.1, -0.05) is 42.1 Å². The lowest BCUT2D eigenvalue weighted by Gasteiger charge is -2.15. The maximum atomic E-state index is 12.5. The van der Waals surface area contributed by atoms with Crippen LogP contribution in [0.25, 0.3) is 17.1 Å². The van der Waals surface area contributed by atoms with Crippen LogP contribution in [0.15, 0.2) is 77.0 Å². The summed E-state index contributed by atoms with van der Waals surface area (Å²) in [7, 11) is 4.67. The number of ether oxygens (including phenoxy) is 3. The van der Waals surface area contributed by atoms with Crippen LogP contribution in [0.1, 0.15) is 5.56 Å². The number of carbonyl (C=O) groups excluding carboxylic acids is 1. The molecule has 0 radical (unpaired) electrons. The van der Waals surface area contributed by atoms with E-state index in [-0.39, 0.29) is 11.7 Å². The van der Waals surface area contributed by atoms with Gasteiger partial charge in [-0.3, -0.25) is 9.36 Å². The standard InChI is InChI=1S/C26H24IN5O4S/c1-34-21-13-18(14-22(35-2)24(21)36-3)25-30-31-26(32(25)20-10-5-4-6-11-20)37-16-23(33)29-28-15-17-8-7-9-19(27)12-17/h4-15H,16H2,1-3H3,(H,29,33). The molecule has 3 aromatic carbocycles. The van der Waals surface area contributed by atoms with E-state index in [1.54, 1.807) is 27.5 Å². The van der Waals surface area contributed by atoms with E-state index in [2.05, 4.69) is 43.3 Å². The number of thioether (sulfide) groups is 1. The zero-order valence-electron chi connectivity index (χ0n) is 20.3. The van der Waals surface area contributed by atoms with Crippen molar-refractivity contribution in [3.8, 4) is 34.3 Å². The second-order valence-electron chi connectivity index (χ2n) is 7.53. The molecule has 0 aliphatic carbocycles. The Morgan fingerprint density at radius 3 is 2.38 bits per heavy atom. The minimum atomic E-state index is -0.260. The number of nitrogens with zero attached hydrogens (tertiary/aromatic N) is 4. The molecular formula is C26H24IN5O4S. The van der Waals surface area contributed by atoms with Crippen molar-refractivity contribution in [1.29, 1.82) is 0 Å². The van der Waals surface area contributed by atoms with Crippen molar-refractivity contribution >= 4 is 46.5 Å². The van der Waals surface area contributed by atoms with Crippen molar-refractivity contribution in [1.82, 2.24) is 20.2 Å². The van der Waals surface area contributed by atoms with Gasteiger partial charge in [-0.05, 0) is 64.6 Å². The summed E-state index contributed by atoms with van der Waals surface area (Å²) in [5.74, 6) is 1.88. The molecule has 1 aromatic heterocycles. The number of methoxy groups -OCH3 is 3. The third-order valence-electron chi connectivity index (χ3n) is 5.15. The van der Waals surface area contributed by atoms with Crippen LogP contribution in [0.3, 0.4) is 0 Å². The Labute approximate surface area is 232 Å². The first-order valence-corrected chi connectivity index (χ1v) is 13.1. The highest BCUT2D eigenvalue weighted by Crippen LogP contribution is 2.41. The highest BCUT2D eigenvalue weighted by Gasteiger charge is 2.21. The number of halogens is 1. The fourth-order valence-corrected chi connectivity index (χ4v) is 4.81. The van der Waals surface area contributed by atoms with E-state index in [1.165, 1.54) is 11.8 Å². The molecule has 0 aliphatic rings. The summed E-state index contributed by atoms with van der Waals surface area (Å²) < 4.78 is 19.4. The molecule has 0 atom stereocenters. The normalized spacial score (nSPS) is 10.9. The average Bonchev–Trinajstić information content (AvgIpc) is 3.35. The number of rotatable bonds is 10. The zero-order valence-corrected chi connectivity index (χ0v) is 23.3. The van der Waals surface area contributed by atoms with Crippen molar-refractivity contribution in [2.75, 3.05) is 27.1 Å². The smallest absolute Gasteiger partial charge is 0.250 e. The number of benzene rings is 3. The summed E-state index contributed by atoms with van der Waals surface area (Å²) >= 11 is 3.48. The molecule has 4 rings (SSSR count). The molecule has 0 saturated heterocycles. The SMILES string of the molecule is COc1cc(-c2nnc(SCC(=O)NN=Cc3cccc(I)c3)n2-c2ccccc2)cc(OC)c1OC. The molecule has 1 heterocycles.